The zero-order chi connectivity index (χ0) is 14.9. The zero-order valence-electron chi connectivity index (χ0n) is 12.1. The number of halogens is 3. The van der Waals surface area contributed by atoms with Crippen molar-refractivity contribution in [2.45, 2.75) is 75.1 Å². The first-order chi connectivity index (χ1) is 8.81. The first kappa shape index (κ1) is 19.1. The summed E-state index contributed by atoms with van der Waals surface area (Å²) in [6, 6.07) is 0. The van der Waals surface area contributed by atoms with E-state index in [0.717, 1.165) is 32.1 Å². The van der Waals surface area contributed by atoms with Gasteiger partial charge in [-0.1, -0.05) is 62.1 Å². The third kappa shape index (κ3) is 7.42. The molecule has 1 atom stereocenters. The standard InChI is InChI=1S/C14H25F2IO2/c1-4-7-8-9-10-13(17,5-2)11-14(15,16)12(18)19-6-3/h4-11H2,1-3H3. The topological polar surface area (TPSA) is 26.3 Å². The van der Waals surface area contributed by atoms with Crippen LogP contribution in [-0.4, -0.2) is 21.9 Å². The maximum atomic E-state index is 13.8. The van der Waals surface area contributed by atoms with Gasteiger partial charge < -0.3 is 4.74 Å². The van der Waals surface area contributed by atoms with Gasteiger partial charge in [0.2, 0.25) is 0 Å². The quantitative estimate of drug-likeness (QED) is 0.224. The molecule has 0 saturated heterocycles. The monoisotopic (exact) mass is 390 g/mol. The van der Waals surface area contributed by atoms with Gasteiger partial charge in [-0.25, -0.2) is 4.79 Å². The first-order valence-corrected chi connectivity index (χ1v) is 8.13. The van der Waals surface area contributed by atoms with Crippen LogP contribution in [0.2, 0.25) is 0 Å². The third-order valence-corrected chi connectivity index (χ3v) is 4.91. The van der Waals surface area contributed by atoms with Crippen molar-refractivity contribution in [3.8, 4) is 0 Å². The molecule has 19 heavy (non-hydrogen) atoms. The van der Waals surface area contributed by atoms with Crippen molar-refractivity contribution >= 4 is 28.6 Å². The number of hydrogen-bond acceptors (Lipinski definition) is 2. The Morgan fingerprint density at radius 1 is 1.16 bits per heavy atom. The van der Waals surface area contributed by atoms with E-state index in [-0.39, 0.29) is 6.61 Å². The van der Waals surface area contributed by atoms with E-state index in [1.807, 2.05) is 6.92 Å². The van der Waals surface area contributed by atoms with E-state index in [4.69, 9.17) is 0 Å². The van der Waals surface area contributed by atoms with Crippen LogP contribution in [0.25, 0.3) is 0 Å². The Morgan fingerprint density at radius 2 is 1.79 bits per heavy atom. The van der Waals surface area contributed by atoms with E-state index < -0.39 is 21.7 Å². The van der Waals surface area contributed by atoms with Gasteiger partial charge >= 0.3 is 11.9 Å². The lowest BCUT2D eigenvalue weighted by molar-refractivity contribution is -0.173. The van der Waals surface area contributed by atoms with E-state index in [9.17, 15) is 13.6 Å². The predicted octanol–water partition coefficient (Wildman–Crippen LogP) is 5.13. The van der Waals surface area contributed by atoms with Crippen LogP contribution in [0.4, 0.5) is 8.78 Å². The van der Waals surface area contributed by atoms with Crippen molar-refractivity contribution in [2.24, 2.45) is 0 Å². The number of rotatable bonds is 10. The van der Waals surface area contributed by atoms with Crippen LogP contribution in [-0.2, 0) is 9.53 Å². The van der Waals surface area contributed by atoms with E-state index in [0.29, 0.717) is 6.42 Å². The van der Waals surface area contributed by atoms with Crippen LogP contribution in [0.15, 0.2) is 0 Å². The van der Waals surface area contributed by atoms with Gasteiger partial charge in [0.15, 0.2) is 0 Å². The van der Waals surface area contributed by atoms with Gasteiger partial charge in [-0.15, -0.1) is 0 Å². The summed E-state index contributed by atoms with van der Waals surface area (Å²) in [5.74, 6) is -4.77. The van der Waals surface area contributed by atoms with Crippen LogP contribution >= 0.6 is 22.6 Å². The second-order valence-electron chi connectivity index (χ2n) is 4.92. The highest BCUT2D eigenvalue weighted by Crippen LogP contribution is 2.40. The predicted molar refractivity (Wildman–Crippen MR) is 82.0 cm³/mol. The Labute approximate surface area is 128 Å². The number of esters is 1. The second-order valence-corrected chi connectivity index (χ2v) is 7.21. The number of hydrogen-bond donors (Lipinski definition) is 0. The smallest absolute Gasteiger partial charge is 0.377 e. The summed E-state index contributed by atoms with van der Waals surface area (Å²) in [6.45, 7) is 5.54. The number of ether oxygens (including phenoxy) is 1. The molecule has 2 nitrogen and oxygen atoms in total. The van der Waals surface area contributed by atoms with Crippen molar-refractivity contribution in [1.29, 1.82) is 0 Å². The zero-order valence-corrected chi connectivity index (χ0v) is 14.3. The molecule has 0 fully saturated rings. The molecule has 0 aromatic heterocycles. The van der Waals surface area contributed by atoms with Gasteiger partial charge in [0.1, 0.15) is 0 Å². The molecule has 0 N–H and O–H groups in total. The molecule has 0 aliphatic heterocycles. The van der Waals surface area contributed by atoms with Crippen molar-refractivity contribution in [1.82, 2.24) is 0 Å². The van der Waals surface area contributed by atoms with E-state index in [1.165, 1.54) is 6.92 Å². The molecule has 0 heterocycles. The average Bonchev–Trinajstić information content (AvgIpc) is 2.34. The molecule has 1 unspecified atom stereocenters. The molecule has 5 heteroatoms. The van der Waals surface area contributed by atoms with Crippen LogP contribution in [0.3, 0.4) is 0 Å². The molecule has 0 bridgehead atoms. The minimum absolute atomic E-state index is 0.00864. The van der Waals surface area contributed by atoms with Crippen molar-refractivity contribution in [3.05, 3.63) is 0 Å². The van der Waals surface area contributed by atoms with Gasteiger partial charge in [-0.05, 0) is 19.8 Å². The second kappa shape index (κ2) is 9.08. The third-order valence-electron chi connectivity index (χ3n) is 3.22. The highest BCUT2D eigenvalue weighted by Gasteiger charge is 2.46. The summed E-state index contributed by atoms with van der Waals surface area (Å²) in [5.41, 5.74) is 0. The molecule has 114 valence electrons. The Hall–Kier alpha value is 0.0600. The summed E-state index contributed by atoms with van der Waals surface area (Å²) in [4.78, 5) is 11.3. The normalized spacial score (nSPS) is 15.1. The fourth-order valence-electron chi connectivity index (χ4n) is 1.97. The lowest BCUT2D eigenvalue weighted by atomic mass is 9.92. The van der Waals surface area contributed by atoms with Crippen molar-refractivity contribution in [3.63, 3.8) is 0 Å². The van der Waals surface area contributed by atoms with Gasteiger partial charge in [0.25, 0.3) is 0 Å². The lowest BCUT2D eigenvalue weighted by Crippen LogP contribution is -2.38. The largest absolute Gasteiger partial charge is 0.462 e. The van der Waals surface area contributed by atoms with Crippen LogP contribution in [0, 0.1) is 0 Å². The molecule has 0 rings (SSSR count). The number of alkyl halides is 3. The van der Waals surface area contributed by atoms with Gasteiger partial charge in [-0.3, -0.25) is 0 Å². The minimum Gasteiger partial charge on any atom is -0.462 e. The van der Waals surface area contributed by atoms with E-state index in [1.54, 1.807) is 0 Å². The summed E-state index contributed by atoms with van der Waals surface area (Å²) in [5, 5.41) is 0. The van der Waals surface area contributed by atoms with Crippen LogP contribution < -0.4 is 0 Å². The number of unbranched alkanes of at least 4 members (excludes halogenated alkanes) is 3. The number of carbonyl (C=O) groups is 1. The molecule has 0 aromatic rings. The minimum atomic E-state index is -3.38. The summed E-state index contributed by atoms with van der Waals surface area (Å²) in [7, 11) is 0. The lowest BCUT2D eigenvalue weighted by Gasteiger charge is -2.29. The molecular weight excluding hydrogens is 365 g/mol. The Morgan fingerprint density at radius 3 is 2.26 bits per heavy atom. The van der Waals surface area contributed by atoms with Gasteiger partial charge in [-0.2, -0.15) is 8.78 Å². The van der Waals surface area contributed by atoms with E-state index >= 15 is 0 Å². The van der Waals surface area contributed by atoms with Crippen LogP contribution in [0.5, 0.6) is 0 Å². The Balaban J connectivity index is 4.45. The van der Waals surface area contributed by atoms with Crippen LogP contribution in [0.1, 0.15) is 65.7 Å². The molecule has 0 radical (unpaired) electrons. The van der Waals surface area contributed by atoms with Gasteiger partial charge in [0.05, 0.1) is 6.61 Å². The van der Waals surface area contributed by atoms with Crippen molar-refractivity contribution < 1.29 is 18.3 Å². The molecular formula is C14H25F2IO2. The average molecular weight is 390 g/mol. The fourth-order valence-corrected chi connectivity index (χ4v) is 2.83. The fraction of sp³-hybridized carbons (Fsp3) is 0.929. The summed E-state index contributed by atoms with van der Waals surface area (Å²) >= 11 is 2.09. The maximum absolute atomic E-state index is 13.8. The Kier molecular flexibility index (Phi) is 9.11. The highest BCUT2D eigenvalue weighted by atomic mass is 127. The first-order valence-electron chi connectivity index (χ1n) is 7.05. The molecule has 0 aromatic carbocycles. The molecule has 0 aliphatic rings. The molecule has 0 aliphatic carbocycles. The van der Waals surface area contributed by atoms with Crippen molar-refractivity contribution in [2.75, 3.05) is 6.61 Å². The maximum Gasteiger partial charge on any atom is 0.377 e. The Bertz CT molecular complexity index is 272. The summed E-state index contributed by atoms with van der Waals surface area (Å²) < 4.78 is 31.5. The van der Waals surface area contributed by atoms with Gasteiger partial charge in [0, 0.05) is 9.84 Å². The molecule has 0 saturated carbocycles. The molecule has 0 spiro atoms. The SMILES string of the molecule is CCCCCCC(I)(CC)CC(F)(F)C(=O)OCC. The van der Waals surface area contributed by atoms with E-state index in [2.05, 4.69) is 34.3 Å². The summed E-state index contributed by atoms with van der Waals surface area (Å²) in [6.07, 6.45) is 5.18. The molecule has 0 amide bonds. The highest BCUT2D eigenvalue weighted by molar-refractivity contribution is 14.1. The number of carbonyl (C=O) groups excluding carboxylic acids is 1.